The number of likely N-dealkylation sites (tertiary alicyclic amines) is 2. The van der Waals surface area contributed by atoms with E-state index in [4.69, 9.17) is 19.3 Å². The van der Waals surface area contributed by atoms with Crippen LogP contribution in [0, 0.1) is 11.8 Å². The molecule has 358 valence electrons. The van der Waals surface area contributed by atoms with E-state index in [1.807, 2.05) is 109 Å². The number of carbonyl (C=O) groups is 2. The number of nitrogens with one attached hydrogen (secondary N) is 4. The largest absolute Gasteiger partial charge is 1.00 e. The third-order valence-corrected chi connectivity index (χ3v) is 12.7. The third kappa shape index (κ3) is 12.7. The summed E-state index contributed by atoms with van der Waals surface area (Å²) in [6.07, 6.45) is 3.06. The number of nitrogens with zero attached hydrogens (tertiary/aromatic N) is 2. The van der Waals surface area contributed by atoms with Crippen LogP contribution in [0.15, 0.2) is 119 Å². The van der Waals surface area contributed by atoms with E-state index in [0.717, 1.165) is 119 Å². The molecule has 2 aliphatic rings. The number of aliphatic carboxylic acids is 1. The number of rotatable bonds is 12. The molecule has 6 heterocycles. The van der Waals surface area contributed by atoms with Gasteiger partial charge in [0.05, 0.1) is 41.5 Å². The van der Waals surface area contributed by atoms with Crippen LogP contribution < -0.4 is 50.1 Å². The smallest absolute Gasteiger partial charge is 0.870 e. The van der Waals surface area contributed by atoms with Crippen molar-refractivity contribution in [3.63, 3.8) is 0 Å². The van der Waals surface area contributed by atoms with Crippen molar-refractivity contribution in [1.82, 2.24) is 29.7 Å². The van der Waals surface area contributed by atoms with E-state index in [9.17, 15) is 19.2 Å². The summed E-state index contributed by atoms with van der Waals surface area (Å²) in [7, 11) is 1.45. The fraction of sp³-hybridized carbons (Fsp3) is 0.321. The summed E-state index contributed by atoms with van der Waals surface area (Å²) in [5, 5.41) is 13.1. The van der Waals surface area contributed by atoms with Gasteiger partial charge in [-0.25, -0.2) is 0 Å². The third-order valence-electron chi connectivity index (χ3n) is 12.7. The van der Waals surface area contributed by atoms with Crippen molar-refractivity contribution in [2.75, 3.05) is 59.6 Å². The molecule has 10 rings (SSSR count). The molecule has 8 aromatic rings. The number of aromatic nitrogens is 4. The molecule has 2 fully saturated rings. The number of carbonyl (C=O) groups excluding carboxylic acids is 1. The zero-order valence-corrected chi connectivity index (χ0v) is 39.7. The maximum Gasteiger partial charge on any atom is 1.00 e. The molecule has 15 nitrogen and oxygen atoms in total. The van der Waals surface area contributed by atoms with Crippen LogP contribution in [-0.2, 0) is 14.3 Å². The van der Waals surface area contributed by atoms with Gasteiger partial charge in [0.25, 0.3) is 11.1 Å². The average molecular weight is 949 g/mol. The number of ether oxygens (including phenoxy) is 3. The number of carboxylic acid groups (broad SMARTS) is 1. The van der Waals surface area contributed by atoms with Gasteiger partial charge in [-0.1, -0.05) is 51.3 Å². The predicted molar refractivity (Wildman–Crippen MR) is 268 cm³/mol. The van der Waals surface area contributed by atoms with E-state index in [2.05, 4.69) is 29.7 Å². The monoisotopic (exact) mass is 948 g/mol. The Bertz CT molecular complexity index is 3110. The van der Waals surface area contributed by atoms with Gasteiger partial charge in [-0.15, -0.1) is 0 Å². The van der Waals surface area contributed by atoms with Crippen LogP contribution in [0.1, 0.15) is 40.5 Å². The molecule has 4 aromatic carbocycles. The quantitative estimate of drug-likeness (QED) is 0.0719. The number of methoxy groups -OCH3 is 1. The van der Waals surface area contributed by atoms with Gasteiger partial charge in [0.15, 0.2) is 0 Å². The molecule has 0 unspecified atom stereocenters. The molecule has 2 aliphatic heterocycles. The first-order valence-electron chi connectivity index (χ1n) is 22.2. The standard InChI is InChI=1S/C26H27N3O4.C25H25N3O4.2CH4.Na.H2O/c1-32-26(31)17-8-10-29(11-9-17)12-13-33-20-6-7-23-19(14-20)16-24(27-23)21-15-18-4-2-3-5-22(18)28-25(21)30;29-24-20(14-17-3-1-2-4-21(17)27-24)23-15-18-13-19(5-6-22(18)26-23)32-12-11-28-9-7-16(8-10-28)25(30)31;;;;/h2-7,14-17,27H,8-13H2,1H3,(H,28,30);1-6,13-16,26H,7-12H2,(H,27,29)(H,30,31);2*1H4;;1H2/q;;;;+1;/p-1. The maximum atomic E-state index is 12.6. The summed E-state index contributed by atoms with van der Waals surface area (Å²) in [6.45, 7) is 6.06. The summed E-state index contributed by atoms with van der Waals surface area (Å²) >= 11 is 0. The van der Waals surface area contributed by atoms with Crippen LogP contribution in [0.25, 0.3) is 66.1 Å². The Morgan fingerprint density at radius 3 is 1.39 bits per heavy atom. The normalized spacial score (nSPS) is 14.4. The van der Waals surface area contributed by atoms with Gasteiger partial charge in [-0.05, 0) is 135 Å². The van der Waals surface area contributed by atoms with Gasteiger partial charge in [-0.2, -0.15) is 0 Å². The molecule has 0 saturated carbocycles. The fourth-order valence-electron chi connectivity index (χ4n) is 8.93. The molecule has 0 spiro atoms. The summed E-state index contributed by atoms with van der Waals surface area (Å²) in [4.78, 5) is 65.1. The SMILES string of the molecule is C.C.COC(=O)C1CCN(CCOc2ccc3[nH]c(-c4cc5ccccc5[nH]c4=O)cc3c2)CC1.O=C(O)C1CCN(CCOc2ccc3[nH]c(-c4cc5ccccc5[nH]c4=O)cc3c2)CC1.[Na+].[OH-]. The Hall–Kier alpha value is -6.20. The molecule has 0 amide bonds. The van der Waals surface area contributed by atoms with Crippen LogP contribution in [0.5, 0.6) is 11.5 Å². The van der Waals surface area contributed by atoms with Crippen molar-refractivity contribution in [3.05, 3.63) is 130 Å². The van der Waals surface area contributed by atoms with Crippen molar-refractivity contribution in [2.24, 2.45) is 11.8 Å². The van der Waals surface area contributed by atoms with E-state index in [1.54, 1.807) is 0 Å². The van der Waals surface area contributed by atoms with Gasteiger partial charge in [0.1, 0.15) is 24.7 Å². The molecule has 6 N–H and O–H groups in total. The minimum atomic E-state index is -0.689. The minimum absolute atomic E-state index is 0. The second-order valence-electron chi connectivity index (χ2n) is 16.9. The number of piperidine rings is 2. The Balaban J connectivity index is 0.000000243. The molecule has 0 atom stereocenters. The Kier molecular flexibility index (Phi) is 19.0. The number of hydrogen-bond acceptors (Lipinski definition) is 10. The molecule has 4 aromatic heterocycles. The molecule has 0 radical (unpaired) electrons. The zero-order chi connectivity index (χ0) is 44.9. The number of pyridine rings is 2. The zero-order valence-electron chi connectivity index (χ0n) is 37.7. The van der Waals surface area contributed by atoms with E-state index in [-0.39, 0.29) is 78.8 Å². The average Bonchev–Trinajstić information content (AvgIpc) is 3.95. The molecule has 0 bridgehead atoms. The molecular formula is C53H61N6NaO9. The van der Waals surface area contributed by atoms with Gasteiger partial charge in [0.2, 0.25) is 0 Å². The molecule has 0 aliphatic carbocycles. The minimum Gasteiger partial charge on any atom is -0.870 e. The molecular weight excluding hydrogens is 888 g/mol. The number of carboxylic acids is 1. The van der Waals surface area contributed by atoms with Gasteiger partial charge in [0, 0.05) is 45.9 Å². The first-order chi connectivity index (χ1) is 31.7. The number of hydrogen-bond donors (Lipinski definition) is 5. The van der Waals surface area contributed by atoms with E-state index >= 15 is 0 Å². The second kappa shape index (κ2) is 24.4. The number of fused-ring (bicyclic) bond motifs is 4. The van der Waals surface area contributed by atoms with Crippen LogP contribution >= 0.6 is 0 Å². The number of para-hydroxylation sites is 2. The van der Waals surface area contributed by atoms with Gasteiger partial charge in [-0.3, -0.25) is 29.0 Å². The van der Waals surface area contributed by atoms with E-state index in [0.29, 0.717) is 37.2 Å². The topological polar surface area (TPSA) is 216 Å². The number of esters is 1. The summed E-state index contributed by atoms with van der Waals surface area (Å²) in [6, 6.07) is 35.0. The van der Waals surface area contributed by atoms with Crippen molar-refractivity contribution in [2.45, 2.75) is 40.5 Å². The number of H-pyrrole nitrogens is 4. The van der Waals surface area contributed by atoms with Crippen molar-refractivity contribution >= 4 is 55.6 Å². The Morgan fingerprint density at radius 2 is 0.971 bits per heavy atom. The first-order valence-corrected chi connectivity index (χ1v) is 22.2. The fourth-order valence-corrected chi connectivity index (χ4v) is 8.93. The van der Waals surface area contributed by atoms with Crippen molar-refractivity contribution in [3.8, 4) is 34.0 Å². The molecule has 16 heteroatoms. The van der Waals surface area contributed by atoms with Gasteiger partial charge < -0.3 is 44.7 Å². The van der Waals surface area contributed by atoms with Crippen LogP contribution in [0.3, 0.4) is 0 Å². The van der Waals surface area contributed by atoms with E-state index in [1.165, 1.54) is 7.11 Å². The maximum absolute atomic E-state index is 12.6. The number of benzene rings is 4. The summed E-state index contributed by atoms with van der Waals surface area (Å²) < 4.78 is 16.8. The van der Waals surface area contributed by atoms with Crippen LogP contribution in [0.4, 0.5) is 0 Å². The molecule has 2 saturated heterocycles. The van der Waals surface area contributed by atoms with Crippen molar-refractivity contribution < 1.29 is 63.9 Å². The second-order valence-corrected chi connectivity index (χ2v) is 16.9. The first kappa shape index (κ1) is 53.8. The summed E-state index contributed by atoms with van der Waals surface area (Å²) in [5.74, 6) is 0.585. The summed E-state index contributed by atoms with van der Waals surface area (Å²) in [5.41, 5.74) is 6.06. The van der Waals surface area contributed by atoms with Crippen molar-refractivity contribution in [1.29, 1.82) is 0 Å². The van der Waals surface area contributed by atoms with Crippen LogP contribution in [-0.4, -0.2) is 112 Å². The van der Waals surface area contributed by atoms with E-state index < -0.39 is 5.97 Å². The van der Waals surface area contributed by atoms with Gasteiger partial charge >= 0.3 is 41.5 Å². The predicted octanol–water partition coefficient (Wildman–Crippen LogP) is 5.89. The Morgan fingerprint density at radius 1 is 0.565 bits per heavy atom. The Labute approximate surface area is 422 Å². The molecule has 69 heavy (non-hydrogen) atoms. The van der Waals surface area contributed by atoms with Crippen LogP contribution in [0.2, 0.25) is 0 Å². The number of aromatic amines is 4.